The predicted octanol–water partition coefficient (Wildman–Crippen LogP) is 5.65. The van der Waals surface area contributed by atoms with Gasteiger partial charge in [0.1, 0.15) is 12.4 Å². The number of ether oxygens (including phenoxy) is 1. The fourth-order valence-corrected chi connectivity index (χ4v) is 3.22. The highest BCUT2D eigenvalue weighted by molar-refractivity contribution is 7.18. The number of hydrogen-bond acceptors (Lipinski definition) is 5. The first-order chi connectivity index (χ1) is 17.5. The highest BCUT2D eigenvalue weighted by Crippen LogP contribution is 2.36. The van der Waals surface area contributed by atoms with Crippen molar-refractivity contribution in [3.63, 3.8) is 0 Å². The van der Waals surface area contributed by atoms with E-state index >= 15 is 0 Å². The van der Waals surface area contributed by atoms with E-state index in [9.17, 15) is 31.1 Å². The molecule has 214 valence electrons. The Kier molecular flexibility index (Phi) is 12.3. The first kappa shape index (κ1) is 33.5. The molecule has 1 rings (SSSR count). The molecule has 0 bridgehead atoms. The van der Waals surface area contributed by atoms with Crippen LogP contribution in [0.2, 0.25) is 0 Å². The van der Waals surface area contributed by atoms with Crippen LogP contribution in [0.5, 0.6) is 5.75 Å². The van der Waals surface area contributed by atoms with E-state index in [0.29, 0.717) is 17.8 Å². The summed E-state index contributed by atoms with van der Waals surface area (Å²) in [5.74, 6) is -0.223. The molecule has 1 aromatic carbocycles. The highest BCUT2D eigenvalue weighted by Gasteiger charge is 2.50. The molecule has 3 N–H and O–H groups in total. The summed E-state index contributed by atoms with van der Waals surface area (Å²) in [6.45, 7) is 8.79. The Labute approximate surface area is 221 Å². The first-order valence-corrected chi connectivity index (χ1v) is 12.2. The van der Waals surface area contributed by atoms with Gasteiger partial charge in [-0.2, -0.15) is 13.2 Å². The van der Waals surface area contributed by atoms with E-state index < -0.39 is 36.3 Å². The third kappa shape index (κ3) is 9.63. The van der Waals surface area contributed by atoms with Crippen molar-refractivity contribution < 1.29 is 35.9 Å². The number of nitrogens with zero attached hydrogens (tertiary/aromatic N) is 1. The SMILES string of the molecule is C=C/C=C(\CNC(C)C(F)(F)P)N(NC(C)NC=O)/C(=C\C)c1cc(CF)cc(OC(C)(C)C(F)(F)F)c1. The number of hydrogen-bond donors (Lipinski definition) is 3. The third-order valence-electron chi connectivity index (χ3n) is 5.39. The average molecular weight is 569 g/mol. The van der Waals surface area contributed by atoms with Crippen LogP contribution in [0, 0.1) is 0 Å². The number of halogens is 6. The molecule has 13 heteroatoms. The normalized spacial score (nSPS) is 15.1. The molecule has 38 heavy (non-hydrogen) atoms. The van der Waals surface area contributed by atoms with E-state index in [2.05, 4.69) is 22.6 Å². The smallest absolute Gasteiger partial charge is 0.427 e. The standard InChI is InChI=1S/C25H35F6N4O2P/c1-7-9-20(14-32-16(3)24(27,28)38)35(34-17(4)33-15-36)22(8-2)19-10-18(13-26)11-21(12-19)37-23(5,6)25(29,30)31/h7-12,15-17,32,34H,1,13-14,38H2,2-6H3,(H,33,36)/b20-9+,22-8-. The van der Waals surface area contributed by atoms with Crippen molar-refractivity contribution in [3.05, 3.63) is 59.8 Å². The minimum absolute atomic E-state index is 0.0532. The maximum atomic E-state index is 13.7. The molecule has 3 unspecified atom stereocenters. The van der Waals surface area contributed by atoms with E-state index in [1.807, 2.05) is 0 Å². The fourth-order valence-electron chi connectivity index (χ4n) is 3.10. The zero-order chi connectivity index (χ0) is 29.3. The molecule has 1 aromatic rings. The zero-order valence-electron chi connectivity index (χ0n) is 21.9. The number of carbonyl (C=O) groups excluding carboxylic acids is 1. The van der Waals surface area contributed by atoms with Gasteiger partial charge < -0.3 is 15.4 Å². The Morgan fingerprint density at radius 1 is 1.18 bits per heavy atom. The van der Waals surface area contributed by atoms with E-state index in [-0.39, 0.29) is 23.4 Å². The second kappa shape index (κ2) is 14.0. The number of rotatable bonds is 15. The number of allylic oxidation sites excluding steroid dienone is 3. The lowest BCUT2D eigenvalue weighted by Crippen LogP contribution is -2.50. The van der Waals surface area contributed by atoms with Crippen molar-refractivity contribution >= 4 is 21.3 Å². The zero-order valence-corrected chi connectivity index (χ0v) is 23.1. The molecule has 0 radical (unpaired) electrons. The summed E-state index contributed by atoms with van der Waals surface area (Å²) in [5.41, 5.74) is -1.68. The third-order valence-corrected chi connectivity index (χ3v) is 5.89. The lowest BCUT2D eigenvalue weighted by molar-refractivity contribution is -0.234. The second-order valence-electron chi connectivity index (χ2n) is 8.92. The second-order valence-corrected chi connectivity index (χ2v) is 9.69. The summed E-state index contributed by atoms with van der Waals surface area (Å²) < 4.78 is 86.8. The van der Waals surface area contributed by atoms with Gasteiger partial charge in [-0.25, -0.2) is 18.6 Å². The van der Waals surface area contributed by atoms with Gasteiger partial charge in [-0.3, -0.25) is 9.80 Å². The molecule has 0 aliphatic heterocycles. The van der Waals surface area contributed by atoms with Crippen molar-refractivity contribution in [3.8, 4) is 5.75 Å². The van der Waals surface area contributed by atoms with E-state index in [1.165, 1.54) is 51.5 Å². The van der Waals surface area contributed by atoms with Gasteiger partial charge in [0.2, 0.25) is 6.41 Å². The number of hydrazine groups is 1. The highest BCUT2D eigenvalue weighted by atomic mass is 31.0. The largest absolute Gasteiger partial charge is 0.478 e. The van der Waals surface area contributed by atoms with E-state index in [0.717, 1.165) is 13.8 Å². The van der Waals surface area contributed by atoms with Crippen molar-refractivity contribution in [2.24, 2.45) is 0 Å². The minimum atomic E-state index is -4.70. The topological polar surface area (TPSA) is 65.6 Å². The maximum Gasteiger partial charge on any atom is 0.427 e. The Balaban J connectivity index is 3.62. The van der Waals surface area contributed by atoms with Crippen molar-refractivity contribution in [2.45, 2.75) is 70.9 Å². The lowest BCUT2D eigenvalue weighted by atomic mass is 10.1. The van der Waals surface area contributed by atoms with Crippen molar-refractivity contribution in [1.82, 2.24) is 21.1 Å². The van der Waals surface area contributed by atoms with Gasteiger partial charge in [0.05, 0.1) is 17.9 Å². The molecular weight excluding hydrogens is 533 g/mol. The van der Waals surface area contributed by atoms with Crippen LogP contribution >= 0.6 is 9.24 Å². The summed E-state index contributed by atoms with van der Waals surface area (Å²) in [7, 11) is 1.46. The number of amides is 1. The number of benzene rings is 1. The molecular formula is C25H35F6N4O2P. The van der Waals surface area contributed by atoms with Crippen LogP contribution < -0.4 is 20.8 Å². The molecule has 6 nitrogen and oxygen atoms in total. The molecule has 0 saturated heterocycles. The molecule has 0 aliphatic rings. The molecule has 0 spiro atoms. The Hall–Kier alpha value is -2.56. The number of carbonyl (C=O) groups is 1. The summed E-state index contributed by atoms with van der Waals surface area (Å²) >= 11 is 0. The maximum absolute atomic E-state index is 13.7. The van der Waals surface area contributed by atoms with Gasteiger partial charge in [0.15, 0.2) is 5.60 Å². The first-order valence-electron chi connectivity index (χ1n) is 11.6. The van der Waals surface area contributed by atoms with Crippen LogP contribution in [-0.4, -0.2) is 47.6 Å². The molecule has 0 heterocycles. The summed E-state index contributed by atoms with van der Waals surface area (Å²) in [4.78, 5) is 11.0. The van der Waals surface area contributed by atoms with Crippen LogP contribution in [-0.2, 0) is 11.5 Å². The van der Waals surface area contributed by atoms with Crippen molar-refractivity contribution in [1.29, 1.82) is 0 Å². The predicted molar refractivity (Wildman–Crippen MR) is 140 cm³/mol. The van der Waals surface area contributed by atoms with Crippen LogP contribution in [0.4, 0.5) is 26.3 Å². The molecule has 0 fully saturated rings. The number of alkyl halides is 6. The Morgan fingerprint density at radius 2 is 1.82 bits per heavy atom. The molecule has 0 saturated carbocycles. The van der Waals surface area contributed by atoms with Gasteiger partial charge in [0, 0.05) is 17.8 Å². The van der Waals surface area contributed by atoms with Crippen LogP contribution in [0.3, 0.4) is 0 Å². The van der Waals surface area contributed by atoms with Gasteiger partial charge in [-0.05, 0) is 64.5 Å². The Morgan fingerprint density at radius 3 is 2.29 bits per heavy atom. The molecule has 0 aliphatic carbocycles. The monoisotopic (exact) mass is 568 g/mol. The van der Waals surface area contributed by atoms with Gasteiger partial charge in [0.25, 0.3) is 5.66 Å². The van der Waals surface area contributed by atoms with Gasteiger partial charge >= 0.3 is 6.18 Å². The summed E-state index contributed by atoms with van der Waals surface area (Å²) in [6.07, 6.45) is -0.408. The fraction of sp³-hybridized carbons (Fsp3) is 0.480. The average Bonchev–Trinajstić information content (AvgIpc) is 2.79. The molecule has 0 aromatic heterocycles. The quantitative estimate of drug-likeness (QED) is 0.0638. The summed E-state index contributed by atoms with van der Waals surface area (Å²) in [5, 5.41) is 6.66. The summed E-state index contributed by atoms with van der Waals surface area (Å²) in [6, 6.07) is 2.66. The van der Waals surface area contributed by atoms with E-state index in [1.54, 1.807) is 19.9 Å². The minimum Gasteiger partial charge on any atom is -0.478 e. The molecule has 1 amide bonds. The lowest BCUT2D eigenvalue weighted by Gasteiger charge is -2.34. The van der Waals surface area contributed by atoms with E-state index in [4.69, 9.17) is 4.74 Å². The van der Waals surface area contributed by atoms with Crippen LogP contribution in [0.15, 0.2) is 48.7 Å². The van der Waals surface area contributed by atoms with Gasteiger partial charge in [-0.15, -0.1) is 0 Å². The van der Waals surface area contributed by atoms with Crippen molar-refractivity contribution in [2.75, 3.05) is 6.54 Å². The van der Waals surface area contributed by atoms with Gasteiger partial charge in [-0.1, -0.05) is 28.0 Å². The Bertz CT molecular complexity index is 1010. The molecule has 3 atom stereocenters. The van der Waals surface area contributed by atoms with Crippen LogP contribution in [0.1, 0.15) is 45.7 Å². The van der Waals surface area contributed by atoms with Crippen LogP contribution in [0.25, 0.3) is 5.70 Å². The number of nitrogens with one attached hydrogen (secondary N) is 3.